The standard InChI is InChI=1S/C21H44/c1-6-11-13-16-20(10-5)18-21(15-12-7-2)17-19(9-4)14-8-3/h19-21H,6-18H2,1-5H3. The highest BCUT2D eigenvalue weighted by Crippen LogP contribution is 2.31. The van der Waals surface area contributed by atoms with Crippen LogP contribution in [0.3, 0.4) is 0 Å². The first-order valence-electron chi connectivity index (χ1n) is 10.2. The maximum Gasteiger partial charge on any atom is -0.0409 e. The summed E-state index contributed by atoms with van der Waals surface area (Å²) in [7, 11) is 0. The molecular formula is C21H44. The van der Waals surface area contributed by atoms with Crippen LogP contribution in [0.5, 0.6) is 0 Å². The summed E-state index contributed by atoms with van der Waals surface area (Å²) in [5.74, 6) is 3.00. The van der Waals surface area contributed by atoms with Crippen LogP contribution in [0.4, 0.5) is 0 Å². The molecule has 3 atom stereocenters. The van der Waals surface area contributed by atoms with E-state index < -0.39 is 0 Å². The molecule has 21 heavy (non-hydrogen) atoms. The SMILES string of the molecule is CCCCCC(CC)CC(CCCC)CC(CC)CCC. The van der Waals surface area contributed by atoms with Gasteiger partial charge >= 0.3 is 0 Å². The van der Waals surface area contributed by atoms with E-state index in [1.54, 1.807) is 0 Å². The average Bonchev–Trinajstić information content (AvgIpc) is 2.50. The van der Waals surface area contributed by atoms with Crippen molar-refractivity contribution in [2.24, 2.45) is 17.8 Å². The highest BCUT2D eigenvalue weighted by atomic mass is 14.2. The Morgan fingerprint density at radius 1 is 0.476 bits per heavy atom. The molecule has 0 saturated carbocycles. The number of hydrogen-bond acceptors (Lipinski definition) is 0. The Labute approximate surface area is 136 Å². The Balaban J connectivity index is 4.34. The fourth-order valence-electron chi connectivity index (χ4n) is 3.84. The average molecular weight is 297 g/mol. The van der Waals surface area contributed by atoms with Gasteiger partial charge in [-0.25, -0.2) is 0 Å². The van der Waals surface area contributed by atoms with Crippen LogP contribution in [-0.4, -0.2) is 0 Å². The van der Waals surface area contributed by atoms with Gasteiger partial charge in [0.05, 0.1) is 0 Å². The van der Waals surface area contributed by atoms with Crippen molar-refractivity contribution >= 4 is 0 Å². The molecule has 0 bridgehead atoms. The van der Waals surface area contributed by atoms with Gasteiger partial charge in [-0.05, 0) is 30.6 Å². The number of rotatable bonds is 15. The van der Waals surface area contributed by atoms with Crippen LogP contribution in [0.2, 0.25) is 0 Å². The van der Waals surface area contributed by atoms with Gasteiger partial charge in [-0.1, -0.05) is 105 Å². The maximum atomic E-state index is 2.41. The fourth-order valence-corrected chi connectivity index (χ4v) is 3.84. The smallest absolute Gasteiger partial charge is 0.0409 e. The van der Waals surface area contributed by atoms with Gasteiger partial charge < -0.3 is 0 Å². The Hall–Kier alpha value is 0. The van der Waals surface area contributed by atoms with E-state index in [1.807, 2.05) is 0 Å². The number of unbranched alkanes of at least 4 members (excludes halogenated alkanes) is 3. The fraction of sp³-hybridized carbons (Fsp3) is 1.00. The summed E-state index contributed by atoms with van der Waals surface area (Å²) in [6.07, 6.45) is 18.7. The molecule has 128 valence electrons. The second-order valence-electron chi connectivity index (χ2n) is 7.31. The van der Waals surface area contributed by atoms with E-state index in [-0.39, 0.29) is 0 Å². The Kier molecular flexibility index (Phi) is 14.9. The molecule has 0 aromatic carbocycles. The minimum Gasteiger partial charge on any atom is -0.0654 e. The molecule has 0 aliphatic rings. The largest absolute Gasteiger partial charge is 0.0654 e. The van der Waals surface area contributed by atoms with Crippen molar-refractivity contribution in [3.63, 3.8) is 0 Å². The summed E-state index contributed by atoms with van der Waals surface area (Å²) < 4.78 is 0. The van der Waals surface area contributed by atoms with E-state index in [1.165, 1.54) is 83.5 Å². The summed E-state index contributed by atoms with van der Waals surface area (Å²) in [4.78, 5) is 0. The van der Waals surface area contributed by atoms with Crippen LogP contribution in [0.15, 0.2) is 0 Å². The van der Waals surface area contributed by atoms with Crippen molar-refractivity contribution in [1.29, 1.82) is 0 Å². The van der Waals surface area contributed by atoms with Crippen LogP contribution in [-0.2, 0) is 0 Å². The molecule has 0 aliphatic carbocycles. The highest BCUT2D eigenvalue weighted by molar-refractivity contribution is 4.70. The zero-order valence-corrected chi connectivity index (χ0v) is 15.9. The molecular weight excluding hydrogens is 252 g/mol. The second-order valence-corrected chi connectivity index (χ2v) is 7.31. The molecule has 3 unspecified atom stereocenters. The molecule has 0 aromatic rings. The molecule has 0 aromatic heterocycles. The molecule has 0 fully saturated rings. The van der Waals surface area contributed by atoms with E-state index in [0.717, 1.165) is 17.8 Å². The molecule has 0 saturated heterocycles. The van der Waals surface area contributed by atoms with Gasteiger partial charge in [0.1, 0.15) is 0 Å². The van der Waals surface area contributed by atoms with Crippen LogP contribution in [0.25, 0.3) is 0 Å². The van der Waals surface area contributed by atoms with Crippen LogP contribution in [0, 0.1) is 17.8 Å². The van der Waals surface area contributed by atoms with Crippen LogP contribution >= 0.6 is 0 Å². The third-order valence-corrected chi connectivity index (χ3v) is 5.37. The number of hydrogen-bond donors (Lipinski definition) is 0. The zero-order valence-electron chi connectivity index (χ0n) is 15.9. The molecule has 0 radical (unpaired) electrons. The van der Waals surface area contributed by atoms with Gasteiger partial charge in [0.15, 0.2) is 0 Å². The molecule has 0 nitrogen and oxygen atoms in total. The lowest BCUT2D eigenvalue weighted by molar-refractivity contribution is 0.257. The molecule has 0 amide bonds. The minimum atomic E-state index is 0.991. The summed E-state index contributed by atoms with van der Waals surface area (Å²) in [5.41, 5.74) is 0. The second kappa shape index (κ2) is 14.9. The predicted molar refractivity (Wildman–Crippen MR) is 98.9 cm³/mol. The molecule has 0 N–H and O–H groups in total. The van der Waals surface area contributed by atoms with Gasteiger partial charge in [0, 0.05) is 0 Å². The van der Waals surface area contributed by atoms with Gasteiger partial charge in [-0.3, -0.25) is 0 Å². The third kappa shape index (κ3) is 11.2. The lowest BCUT2D eigenvalue weighted by Crippen LogP contribution is -2.14. The van der Waals surface area contributed by atoms with E-state index in [9.17, 15) is 0 Å². The predicted octanol–water partition coefficient (Wildman–Crippen LogP) is 8.01. The van der Waals surface area contributed by atoms with Gasteiger partial charge in [-0.2, -0.15) is 0 Å². The quantitative estimate of drug-likeness (QED) is 0.268. The van der Waals surface area contributed by atoms with Gasteiger partial charge in [0.2, 0.25) is 0 Å². The molecule has 0 aliphatic heterocycles. The first kappa shape index (κ1) is 21.0. The summed E-state index contributed by atoms with van der Waals surface area (Å²) in [6, 6.07) is 0. The molecule has 0 rings (SSSR count). The van der Waals surface area contributed by atoms with Crippen molar-refractivity contribution in [2.45, 2.75) is 118 Å². The molecule has 0 spiro atoms. The monoisotopic (exact) mass is 296 g/mol. The molecule has 0 heterocycles. The minimum absolute atomic E-state index is 0.991. The Bertz CT molecular complexity index is 196. The van der Waals surface area contributed by atoms with Crippen molar-refractivity contribution in [2.75, 3.05) is 0 Å². The van der Waals surface area contributed by atoms with Gasteiger partial charge in [-0.15, -0.1) is 0 Å². The normalized spacial score (nSPS) is 15.9. The van der Waals surface area contributed by atoms with Crippen molar-refractivity contribution < 1.29 is 0 Å². The van der Waals surface area contributed by atoms with E-state index in [4.69, 9.17) is 0 Å². The molecule has 0 heteroatoms. The first-order chi connectivity index (χ1) is 10.2. The van der Waals surface area contributed by atoms with E-state index in [0.29, 0.717) is 0 Å². The Morgan fingerprint density at radius 3 is 1.48 bits per heavy atom. The zero-order chi connectivity index (χ0) is 15.9. The topological polar surface area (TPSA) is 0 Å². The van der Waals surface area contributed by atoms with Gasteiger partial charge in [0.25, 0.3) is 0 Å². The lowest BCUT2D eigenvalue weighted by Gasteiger charge is -2.26. The van der Waals surface area contributed by atoms with Crippen molar-refractivity contribution in [1.82, 2.24) is 0 Å². The summed E-state index contributed by atoms with van der Waals surface area (Å²) in [5, 5.41) is 0. The van der Waals surface area contributed by atoms with Crippen LogP contribution in [0.1, 0.15) is 118 Å². The highest BCUT2D eigenvalue weighted by Gasteiger charge is 2.18. The summed E-state index contributed by atoms with van der Waals surface area (Å²) in [6.45, 7) is 11.8. The summed E-state index contributed by atoms with van der Waals surface area (Å²) >= 11 is 0. The lowest BCUT2D eigenvalue weighted by atomic mass is 9.79. The van der Waals surface area contributed by atoms with Crippen molar-refractivity contribution in [3.05, 3.63) is 0 Å². The Morgan fingerprint density at radius 2 is 1.00 bits per heavy atom. The third-order valence-electron chi connectivity index (χ3n) is 5.37. The van der Waals surface area contributed by atoms with Crippen molar-refractivity contribution in [3.8, 4) is 0 Å². The van der Waals surface area contributed by atoms with Crippen LogP contribution < -0.4 is 0 Å². The maximum absolute atomic E-state index is 2.41. The first-order valence-corrected chi connectivity index (χ1v) is 10.2. The van der Waals surface area contributed by atoms with E-state index in [2.05, 4.69) is 34.6 Å². The van der Waals surface area contributed by atoms with E-state index >= 15 is 0 Å².